The summed E-state index contributed by atoms with van der Waals surface area (Å²) in [6, 6.07) is 8.71. The van der Waals surface area contributed by atoms with Crippen LogP contribution in [0.25, 0.3) is 11.2 Å². The van der Waals surface area contributed by atoms with Gasteiger partial charge >= 0.3 is 6.18 Å². The van der Waals surface area contributed by atoms with E-state index in [1.807, 2.05) is 4.90 Å². The van der Waals surface area contributed by atoms with E-state index in [4.69, 9.17) is 0 Å². The van der Waals surface area contributed by atoms with Crippen LogP contribution >= 0.6 is 0 Å². The number of hydrogen-bond donors (Lipinski definition) is 2. The molecule has 1 aliphatic heterocycles. The molecule has 8 nitrogen and oxygen atoms in total. The quantitative estimate of drug-likeness (QED) is 0.375. The largest absolute Gasteiger partial charge is 0.416 e. The van der Waals surface area contributed by atoms with Crippen LogP contribution < -0.4 is 5.32 Å². The van der Waals surface area contributed by atoms with Crippen LogP contribution in [-0.4, -0.2) is 68.4 Å². The van der Waals surface area contributed by atoms with E-state index >= 15 is 0 Å². The van der Waals surface area contributed by atoms with Crippen LogP contribution in [0.4, 0.5) is 19.0 Å². The van der Waals surface area contributed by atoms with E-state index in [-0.39, 0.29) is 23.5 Å². The van der Waals surface area contributed by atoms with Crippen molar-refractivity contribution in [3.8, 4) is 11.8 Å². The molecule has 0 spiro atoms. The number of alkyl halides is 3. The summed E-state index contributed by atoms with van der Waals surface area (Å²) in [7, 11) is 0. The minimum atomic E-state index is -4.59. The second-order valence-corrected chi connectivity index (χ2v) is 9.18. The first-order chi connectivity index (χ1) is 18.8. The Labute approximate surface area is 223 Å². The molecule has 0 radical (unpaired) electrons. The summed E-state index contributed by atoms with van der Waals surface area (Å²) in [4.78, 5) is 32.8. The second-order valence-electron chi connectivity index (χ2n) is 9.18. The first-order valence-corrected chi connectivity index (χ1v) is 12.5. The van der Waals surface area contributed by atoms with E-state index < -0.39 is 17.6 Å². The van der Waals surface area contributed by atoms with Crippen molar-refractivity contribution >= 4 is 22.9 Å². The average Bonchev–Trinajstić information content (AvgIpc) is 3.40. The number of piperazine rings is 1. The van der Waals surface area contributed by atoms with E-state index in [0.717, 1.165) is 25.7 Å². The van der Waals surface area contributed by atoms with Gasteiger partial charge in [-0.25, -0.2) is 15.0 Å². The Morgan fingerprint density at radius 3 is 2.62 bits per heavy atom. The van der Waals surface area contributed by atoms with Crippen LogP contribution in [0, 0.1) is 11.8 Å². The molecule has 1 saturated heterocycles. The number of H-pyrrole nitrogens is 1. The SMILES string of the molecule is CCN1CCN(Cc2ccc(C(=O)Nc3cc(C#Cc4cnc5[nH]ccc5n4)ccn3)cc2C(F)(F)F)CC1. The zero-order valence-corrected chi connectivity index (χ0v) is 21.2. The summed E-state index contributed by atoms with van der Waals surface area (Å²) in [6.07, 6.45) is 0.155. The van der Waals surface area contributed by atoms with Gasteiger partial charge in [-0.15, -0.1) is 0 Å². The van der Waals surface area contributed by atoms with Crippen LogP contribution in [0.3, 0.4) is 0 Å². The van der Waals surface area contributed by atoms with E-state index in [9.17, 15) is 18.0 Å². The van der Waals surface area contributed by atoms with Crippen molar-refractivity contribution in [2.24, 2.45) is 0 Å². The summed E-state index contributed by atoms with van der Waals surface area (Å²) < 4.78 is 41.8. The van der Waals surface area contributed by atoms with Crippen molar-refractivity contribution in [2.75, 3.05) is 38.0 Å². The van der Waals surface area contributed by atoms with E-state index in [2.05, 4.69) is 48.9 Å². The third-order valence-corrected chi connectivity index (χ3v) is 6.58. The second kappa shape index (κ2) is 11.2. The number of anilines is 1. The number of carbonyl (C=O) groups is 1. The Morgan fingerprint density at radius 1 is 1.05 bits per heavy atom. The first-order valence-electron chi connectivity index (χ1n) is 12.5. The number of carbonyl (C=O) groups excluding carboxylic acids is 1. The van der Waals surface area contributed by atoms with Gasteiger partial charge in [0.25, 0.3) is 5.91 Å². The van der Waals surface area contributed by atoms with Gasteiger partial charge in [-0.3, -0.25) is 9.69 Å². The highest BCUT2D eigenvalue weighted by molar-refractivity contribution is 6.04. The van der Waals surface area contributed by atoms with Crippen molar-refractivity contribution in [3.05, 3.63) is 82.9 Å². The number of fused-ring (bicyclic) bond motifs is 1. The Kier molecular flexibility index (Phi) is 7.58. The highest BCUT2D eigenvalue weighted by Crippen LogP contribution is 2.33. The maximum Gasteiger partial charge on any atom is 0.416 e. The molecule has 0 atom stereocenters. The smallest absolute Gasteiger partial charge is 0.345 e. The van der Waals surface area contributed by atoms with Gasteiger partial charge in [-0.1, -0.05) is 18.9 Å². The van der Waals surface area contributed by atoms with Crippen molar-refractivity contribution < 1.29 is 18.0 Å². The molecule has 0 saturated carbocycles. The van der Waals surface area contributed by atoms with Crippen molar-refractivity contribution in [3.63, 3.8) is 0 Å². The third kappa shape index (κ3) is 6.42. The Balaban J connectivity index is 1.30. The monoisotopic (exact) mass is 533 g/mol. The fourth-order valence-electron chi connectivity index (χ4n) is 4.42. The molecule has 1 aromatic carbocycles. The van der Waals surface area contributed by atoms with Gasteiger partial charge in [0.2, 0.25) is 0 Å². The van der Waals surface area contributed by atoms with Crippen molar-refractivity contribution in [2.45, 2.75) is 19.6 Å². The van der Waals surface area contributed by atoms with Crippen LogP contribution in [0.1, 0.15) is 39.7 Å². The Bertz CT molecular complexity index is 1550. The highest BCUT2D eigenvalue weighted by atomic mass is 19.4. The van der Waals surface area contributed by atoms with Gasteiger partial charge in [0.1, 0.15) is 17.0 Å². The molecule has 0 bridgehead atoms. The van der Waals surface area contributed by atoms with Crippen LogP contribution in [0.2, 0.25) is 0 Å². The predicted octanol–water partition coefficient (Wildman–Crippen LogP) is 4.16. The molecule has 1 fully saturated rings. The summed E-state index contributed by atoms with van der Waals surface area (Å²) in [5.41, 5.74) is 1.61. The van der Waals surface area contributed by atoms with Gasteiger partial charge in [-0.05, 0) is 48.4 Å². The Morgan fingerprint density at radius 2 is 1.85 bits per heavy atom. The number of halogens is 3. The molecular weight excluding hydrogens is 507 g/mol. The maximum atomic E-state index is 13.9. The number of benzene rings is 1. The Hall–Kier alpha value is -4.27. The molecule has 39 heavy (non-hydrogen) atoms. The number of likely N-dealkylation sites (N-methyl/N-ethyl adjacent to an activating group) is 1. The van der Waals surface area contributed by atoms with Crippen molar-refractivity contribution in [1.29, 1.82) is 0 Å². The minimum absolute atomic E-state index is 0.102. The molecular formula is C28H26F3N7O. The lowest BCUT2D eigenvalue weighted by atomic mass is 10.0. The normalized spacial score (nSPS) is 14.7. The van der Waals surface area contributed by atoms with Crippen LogP contribution in [0.5, 0.6) is 0 Å². The van der Waals surface area contributed by atoms with E-state index in [1.165, 1.54) is 18.3 Å². The summed E-state index contributed by atoms with van der Waals surface area (Å²) in [5.74, 6) is 5.34. The summed E-state index contributed by atoms with van der Waals surface area (Å²) in [6.45, 7) is 6.22. The standard InChI is InChI=1S/C28H26F3N7O/c1-2-37-11-13-38(14-12-37)18-21-5-4-20(16-23(21)28(29,30)31)27(39)36-25-15-19(7-9-32-25)3-6-22-17-34-26-24(35-22)8-10-33-26/h4-5,7-10,15-17H,2,11-14,18H2,1H3,(H,33,34)(H,32,36,39). The molecule has 11 heteroatoms. The minimum Gasteiger partial charge on any atom is -0.345 e. The number of aromatic nitrogens is 4. The molecule has 2 N–H and O–H groups in total. The number of nitrogens with zero attached hydrogens (tertiary/aromatic N) is 5. The average molecular weight is 534 g/mol. The van der Waals surface area contributed by atoms with Gasteiger partial charge < -0.3 is 15.2 Å². The fourth-order valence-corrected chi connectivity index (χ4v) is 4.42. The molecule has 1 aliphatic rings. The molecule has 0 aliphatic carbocycles. The van der Waals surface area contributed by atoms with E-state index in [1.54, 1.807) is 30.6 Å². The molecule has 4 aromatic rings. The lowest BCUT2D eigenvalue weighted by molar-refractivity contribution is -0.138. The highest BCUT2D eigenvalue weighted by Gasteiger charge is 2.34. The zero-order valence-electron chi connectivity index (χ0n) is 21.2. The number of rotatable bonds is 5. The molecule has 4 heterocycles. The molecule has 200 valence electrons. The number of nitrogens with one attached hydrogen (secondary N) is 2. The molecule has 3 aromatic heterocycles. The maximum absolute atomic E-state index is 13.9. The van der Waals surface area contributed by atoms with Gasteiger partial charge in [0, 0.05) is 56.2 Å². The molecule has 0 unspecified atom stereocenters. The van der Waals surface area contributed by atoms with Crippen LogP contribution in [0.15, 0.2) is 55.0 Å². The number of hydrogen-bond acceptors (Lipinski definition) is 6. The number of pyridine rings is 1. The first kappa shape index (κ1) is 26.3. The topological polar surface area (TPSA) is 90.0 Å². The van der Waals surface area contributed by atoms with Gasteiger partial charge in [0.05, 0.1) is 11.8 Å². The molecule has 1 amide bonds. The number of aromatic amines is 1. The third-order valence-electron chi connectivity index (χ3n) is 6.58. The summed E-state index contributed by atoms with van der Waals surface area (Å²) in [5, 5.41) is 2.58. The predicted molar refractivity (Wildman–Crippen MR) is 141 cm³/mol. The zero-order chi connectivity index (χ0) is 27.4. The lowest BCUT2D eigenvalue weighted by Gasteiger charge is -2.34. The fraction of sp³-hybridized carbons (Fsp3) is 0.286. The molecule has 5 rings (SSSR count). The summed E-state index contributed by atoms with van der Waals surface area (Å²) >= 11 is 0. The van der Waals surface area contributed by atoms with Crippen molar-refractivity contribution in [1.82, 2.24) is 29.7 Å². The van der Waals surface area contributed by atoms with Gasteiger partial charge in [0.15, 0.2) is 5.65 Å². The number of amides is 1. The van der Waals surface area contributed by atoms with Gasteiger partial charge in [-0.2, -0.15) is 13.2 Å². The van der Waals surface area contributed by atoms with E-state index in [0.29, 0.717) is 35.5 Å². The lowest BCUT2D eigenvalue weighted by Crippen LogP contribution is -2.45. The van der Waals surface area contributed by atoms with Crippen LogP contribution in [-0.2, 0) is 12.7 Å².